The lowest BCUT2D eigenvalue weighted by molar-refractivity contribution is -0.137. The Kier molecular flexibility index (Phi) is 5.86. The number of nitrogens with one attached hydrogen (secondary N) is 1. The zero-order valence-corrected chi connectivity index (χ0v) is 15.8. The second-order valence-corrected chi connectivity index (χ2v) is 6.33. The number of carbonyl (C=O) groups excluding carboxylic acids is 1. The molecule has 0 bridgehead atoms. The van der Waals surface area contributed by atoms with Crippen LogP contribution in [0.2, 0.25) is 0 Å². The lowest BCUT2D eigenvalue weighted by Gasteiger charge is -2.13. The predicted octanol–water partition coefficient (Wildman–Crippen LogP) is 2.21. The maximum atomic E-state index is 13.0. The molecule has 0 saturated heterocycles. The molecule has 1 N–H and O–H groups in total. The van der Waals surface area contributed by atoms with E-state index >= 15 is 0 Å². The Bertz CT molecular complexity index is 1180. The number of alkyl halides is 3. The first-order valence-corrected chi connectivity index (χ1v) is 8.96. The number of halogens is 3. The summed E-state index contributed by atoms with van der Waals surface area (Å²) in [4.78, 5) is 38.0. The number of aromatic nitrogens is 3. The van der Waals surface area contributed by atoms with Gasteiger partial charge < -0.3 is 5.32 Å². The average Bonchev–Trinajstić information content (AvgIpc) is 2.71. The van der Waals surface area contributed by atoms with Crippen molar-refractivity contribution in [2.24, 2.45) is 0 Å². The predicted molar refractivity (Wildman–Crippen MR) is 103 cm³/mol. The fourth-order valence-corrected chi connectivity index (χ4v) is 2.81. The minimum Gasteiger partial charge on any atom is -0.351 e. The highest BCUT2D eigenvalue weighted by molar-refractivity contribution is 5.91. The third kappa shape index (κ3) is 4.32. The summed E-state index contributed by atoms with van der Waals surface area (Å²) < 4.78 is 40.6. The molecule has 0 unspecified atom stereocenters. The van der Waals surface area contributed by atoms with Gasteiger partial charge in [-0.2, -0.15) is 23.0 Å². The molecule has 0 aliphatic rings. The van der Waals surface area contributed by atoms with Crippen LogP contribution >= 0.6 is 0 Å². The van der Waals surface area contributed by atoms with E-state index in [2.05, 4.69) is 10.4 Å². The van der Waals surface area contributed by atoms with Gasteiger partial charge in [-0.1, -0.05) is 30.3 Å². The first-order valence-electron chi connectivity index (χ1n) is 8.96. The molecule has 30 heavy (non-hydrogen) atoms. The van der Waals surface area contributed by atoms with E-state index in [1.807, 2.05) is 0 Å². The number of hydrogen-bond donors (Lipinski definition) is 1. The monoisotopic (exact) mass is 418 g/mol. The molecule has 1 amide bonds. The number of rotatable bonds is 5. The first-order chi connectivity index (χ1) is 14.2. The third-order valence-electron chi connectivity index (χ3n) is 4.21. The number of amides is 1. The van der Waals surface area contributed by atoms with E-state index in [4.69, 9.17) is 0 Å². The molecule has 156 valence electrons. The smallest absolute Gasteiger partial charge is 0.351 e. The van der Waals surface area contributed by atoms with Crippen LogP contribution in [0.25, 0.3) is 5.69 Å². The molecule has 3 aromatic rings. The van der Waals surface area contributed by atoms with Crippen LogP contribution in [-0.4, -0.2) is 26.8 Å². The maximum absolute atomic E-state index is 13.0. The van der Waals surface area contributed by atoms with Crippen molar-refractivity contribution < 1.29 is 18.0 Å². The van der Waals surface area contributed by atoms with Crippen molar-refractivity contribution >= 4 is 5.91 Å². The van der Waals surface area contributed by atoms with Crippen LogP contribution in [0.15, 0.2) is 64.2 Å². The topological polar surface area (TPSA) is 86.0 Å². The van der Waals surface area contributed by atoms with Gasteiger partial charge in [0, 0.05) is 6.54 Å². The van der Waals surface area contributed by atoms with Crippen molar-refractivity contribution in [3.63, 3.8) is 0 Å². The van der Waals surface area contributed by atoms with Gasteiger partial charge in [-0.25, -0.2) is 4.79 Å². The zero-order chi connectivity index (χ0) is 21.9. The molecule has 0 aliphatic heterocycles. The summed E-state index contributed by atoms with van der Waals surface area (Å²) in [6.07, 6.45) is -4.57. The number of hydrogen-bond acceptors (Lipinski definition) is 4. The van der Waals surface area contributed by atoms with Gasteiger partial charge in [0.1, 0.15) is 0 Å². The first kappa shape index (κ1) is 21.0. The molecule has 1 heterocycles. The van der Waals surface area contributed by atoms with Crippen LogP contribution in [0.4, 0.5) is 13.2 Å². The van der Waals surface area contributed by atoms with E-state index in [0.717, 1.165) is 16.8 Å². The van der Waals surface area contributed by atoms with E-state index in [1.54, 1.807) is 37.3 Å². The highest BCUT2D eigenvalue weighted by Crippen LogP contribution is 2.29. The summed E-state index contributed by atoms with van der Waals surface area (Å²) >= 11 is 0. The van der Waals surface area contributed by atoms with Crippen LogP contribution in [0.5, 0.6) is 0 Å². The van der Waals surface area contributed by atoms with Gasteiger partial charge >= 0.3 is 11.9 Å². The fraction of sp³-hybridized carbons (Fsp3) is 0.200. The molecular formula is C20H17F3N4O3. The summed E-state index contributed by atoms with van der Waals surface area (Å²) in [7, 11) is 0. The van der Waals surface area contributed by atoms with E-state index in [9.17, 15) is 27.6 Å². The van der Waals surface area contributed by atoms with Gasteiger partial charge in [0.15, 0.2) is 0 Å². The highest BCUT2D eigenvalue weighted by Gasteiger charge is 2.30. The van der Waals surface area contributed by atoms with Gasteiger partial charge in [0.25, 0.3) is 11.5 Å². The fourth-order valence-electron chi connectivity index (χ4n) is 2.81. The maximum Gasteiger partial charge on any atom is 0.416 e. The summed E-state index contributed by atoms with van der Waals surface area (Å²) in [5, 5.41) is 6.34. The van der Waals surface area contributed by atoms with Crippen LogP contribution in [-0.2, 0) is 12.7 Å². The number of benzene rings is 2. The van der Waals surface area contributed by atoms with Crippen molar-refractivity contribution in [1.82, 2.24) is 19.7 Å². The van der Waals surface area contributed by atoms with Crippen molar-refractivity contribution in [1.29, 1.82) is 0 Å². The van der Waals surface area contributed by atoms with Gasteiger partial charge in [-0.15, -0.1) is 0 Å². The molecule has 7 nitrogen and oxygen atoms in total. The molecular weight excluding hydrogens is 401 g/mol. The quantitative estimate of drug-likeness (QED) is 0.689. The van der Waals surface area contributed by atoms with Crippen LogP contribution in [0, 0.1) is 0 Å². The second-order valence-electron chi connectivity index (χ2n) is 6.33. The van der Waals surface area contributed by atoms with Crippen LogP contribution in [0.1, 0.15) is 28.5 Å². The Morgan fingerprint density at radius 2 is 1.77 bits per heavy atom. The van der Waals surface area contributed by atoms with Crippen molar-refractivity contribution in [3.8, 4) is 5.69 Å². The summed E-state index contributed by atoms with van der Waals surface area (Å²) in [5.41, 5.74) is -2.93. The number of para-hydroxylation sites is 1. The van der Waals surface area contributed by atoms with Crippen LogP contribution in [0.3, 0.4) is 0 Å². The van der Waals surface area contributed by atoms with E-state index < -0.39 is 41.1 Å². The molecule has 0 radical (unpaired) electrons. The summed E-state index contributed by atoms with van der Waals surface area (Å²) in [6, 6.07) is 12.4. The zero-order valence-electron chi connectivity index (χ0n) is 15.8. The Morgan fingerprint density at radius 1 is 1.07 bits per heavy atom. The molecule has 0 aliphatic carbocycles. The molecule has 0 atom stereocenters. The Labute approximate surface area is 168 Å². The molecule has 2 aromatic carbocycles. The van der Waals surface area contributed by atoms with Crippen molar-refractivity contribution in [2.75, 3.05) is 6.54 Å². The minimum absolute atomic E-state index is 0.0803. The van der Waals surface area contributed by atoms with Gasteiger partial charge in [0.2, 0.25) is 5.69 Å². The SMILES string of the molecule is CCNC(=O)c1nn(-c2ccccc2)c(=O)n(Cc2cccc(C(F)(F)F)c2)c1=O. The molecule has 0 fully saturated rings. The van der Waals surface area contributed by atoms with Gasteiger partial charge in [-0.3, -0.25) is 14.2 Å². The van der Waals surface area contributed by atoms with E-state index in [1.165, 1.54) is 12.1 Å². The van der Waals surface area contributed by atoms with Crippen molar-refractivity contribution in [2.45, 2.75) is 19.6 Å². The molecule has 3 rings (SSSR count). The second kappa shape index (κ2) is 8.36. The summed E-state index contributed by atoms with van der Waals surface area (Å²) in [5.74, 6) is -0.787. The highest BCUT2D eigenvalue weighted by atomic mass is 19.4. The van der Waals surface area contributed by atoms with E-state index in [0.29, 0.717) is 10.3 Å². The van der Waals surface area contributed by atoms with Crippen molar-refractivity contribution in [3.05, 3.63) is 92.3 Å². The lowest BCUT2D eigenvalue weighted by Crippen LogP contribution is -2.46. The number of nitrogens with zero attached hydrogens (tertiary/aromatic N) is 3. The largest absolute Gasteiger partial charge is 0.416 e. The normalized spacial score (nSPS) is 11.3. The van der Waals surface area contributed by atoms with Crippen LogP contribution < -0.4 is 16.6 Å². The Morgan fingerprint density at radius 3 is 2.40 bits per heavy atom. The number of carbonyl (C=O) groups is 1. The third-order valence-corrected chi connectivity index (χ3v) is 4.21. The van der Waals surface area contributed by atoms with Gasteiger partial charge in [-0.05, 0) is 36.8 Å². The lowest BCUT2D eigenvalue weighted by atomic mass is 10.1. The standard InChI is InChI=1S/C20H17F3N4O3/c1-2-24-17(28)16-18(29)26(12-13-7-6-8-14(11-13)20(21,22)23)19(30)27(25-16)15-9-4-3-5-10-15/h3-11H,2,12H2,1H3,(H,24,28). The van der Waals surface area contributed by atoms with Gasteiger partial charge in [0.05, 0.1) is 17.8 Å². The molecule has 0 saturated carbocycles. The minimum atomic E-state index is -4.57. The van der Waals surface area contributed by atoms with E-state index in [-0.39, 0.29) is 12.1 Å². The molecule has 1 aromatic heterocycles. The molecule has 0 spiro atoms. The Hall–Kier alpha value is -3.69. The Balaban J connectivity index is 2.18. The molecule has 10 heteroatoms. The average molecular weight is 418 g/mol. The summed E-state index contributed by atoms with van der Waals surface area (Å²) in [6.45, 7) is 1.41.